The SMILES string of the molecule is Cc1ccc(NC(=O)N2CC[C@@H](CC(F)(F)F)C2)cc1-c1cc(C#C[C@@H](C)O)nc(N2CCOCC2)c1.Cc1ccc(NC(=O)N2CC[C@@H](CC(F)(F)F)C2)cc1-c1cc(CC[C@@H](C)O)nc(N2CCOCC2)c1. The molecule has 74 heavy (non-hydrogen) atoms. The van der Waals surface area contributed by atoms with Crippen molar-refractivity contribution in [2.75, 3.05) is 99.2 Å². The summed E-state index contributed by atoms with van der Waals surface area (Å²) in [5, 5.41) is 25.1. The fraction of sp³-hybridized carbons (Fsp3) is 0.519. The predicted molar refractivity (Wildman–Crippen MR) is 272 cm³/mol. The summed E-state index contributed by atoms with van der Waals surface area (Å²) in [6.45, 7) is 13.4. The van der Waals surface area contributed by atoms with E-state index in [-0.39, 0.29) is 19.1 Å². The number of aryl methyl sites for hydroxylation is 3. The Balaban J connectivity index is 0.000000216. The molecule has 0 bridgehead atoms. The van der Waals surface area contributed by atoms with Gasteiger partial charge in [-0.15, -0.1) is 0 Å². The Morgan fingerprint density at radius 1 is 0.676 bits per heavy atom. The number of carbonyl (C=O) groups excluding carboxylic acids is 2. The Hall–Kier alpha value is -6.14. The highest BCUT2D eigenvalue weighted by molar-refractivity contribution is 5.92. The van der Waals surface area contributed by atoms with Crippen LogP contribution in [0.15, 0.2) is 60.7 Å². The van der Waals surface area contributed by atoms with Crippen LogP contribution in [-0.2, 0) is 15.9 Å². The molecule has 400 valence electrons. The second-order valence-electron chi connectivity index (χ2n) is 19.6. The minimum absolute atomic E-state index is 0.0859. The smallest absolute Gasteiger partial charge is 0.389 e. The maximum Gasteiger partial charge on any atom is 0.389 e. The second kappa shape index (κ2) is 24.9. The molecule has 4 fully saturated rings. The number of carbonyl (C=O) groups is 2. The first-order chi connectivity index (χ1) is 35.1. The molecule has 20 heteroatoms. The van der Waals surface area contributed by atoms with Crippen molar-refractivity contribution in [2.24, 2.45) is 11.8 Å². The fourth-order valence-corrected chi connectivity index (χ4v) is 9.48. The lowest BCUT2D eigenvalue weighted by atomic mass is 9.98. The molecule has 0 unspecified atom stereocenters. The number of pyridine rings is 2. The predicted octanol–water partition coefficient (Wildman–Crippen LogP) is 9.45. The zero-order chi connectivity index (χ0) is 53.2. The molecular weight excluding hydrogens is 971 g/mol. The molecule has 0 radical (unpaired) electrons. The Morgan fingerprint density at radius 3 is 1.58 bits per heavy atom. The average molecular weight is 1040 g/mol. The highest BCUT2D eigenvalue weighted by atomic mass is 19.4. The third kappa shape index (κ3) is 16.4. The van der Waals surface area contributed by atoms with E-state index < -0.39 is 55.3 Å². The van der Waals surface area contributed by atoms with Crippen LogP contribution < -0.4 is 20.4 Å². The molecule has 4 aromatic rings. The van der Waals surface area contributed by atoms with Crippen LogP contribution >= 0.6 is 0 Å². The Morgan fingerprint density at radius 2 is 1.14 bits per heavy atom. The van der Waals surface area contributed by atoms with Crippen LogP contribution in [0.2, 0.25) is 0 Å². The summed E-state index contributed by atoms with van der Waals surface area (Å²) in [7, 11) is 0. The molecule has 4 saturated heterocycles. The molecule has 0 spiro atoms. The van der Waals surface area contributed by atoms with Crippen molar-refractivity contribution in [3.05, 3.63) is 83.2 Å². The van der Waals surface area contributed by atoms with Crippen LogP contribution in [0.3, 0.4) is 0 Å². The number of nitrogens with zero attached hydrogens (tertiary/aromatic N) is 6. The number of hydrogen-bond donors (Lipinski definition) is 4. The molecule has 0 aliphatic carbocycles. The van der Waals surface area contributed by atoms with Crippen molar-refractivity contribution < 1.29 is 55.6 Å². The minimum Gasteiger partial charge on any atom is -0.393 e. The lowest BCUT2D eigenvalue weighted by molar-refractivity contribution is -0.144. The van der Waals surface area contributed by atoms with E-state index in [1.807, 2.05) is 62.4 Å². The molecule has 4 aliphatic rings. The van der Waals surface area contributed by atoms with E-state index in [1.165, 1.54) is 9.80 Å². The molecule has 6 heterocycles. The Kier molecular flexibility index (Phi) is 18.7. The molecule has 2 aromatic carbocycles. The first-order valence-corrected chi connectivity index (χ1v) is 25.2. The summed E-state index contributed by atoms with van der Waals surface area (Å²) in [5.74, 6) is 6.13. The van der Waals surface area contributed by atoms with Crippen molar-refractivity contribution >= 4 is 35.1 Å². The zero-order valence-corrected chi connectivity index (χ0v) is 42.3. The van der Waals surface area contributed by atoms with Crippen molar-refractivity contribution in [3.8, 4) is 34.1 Å². The molecule has 2 aromatic heterocycles. The van der Waals surface area contributed by atoms with Crippen molar-refractivity contribution in [3.63, 3.8) is 0 Å². The summed E-state index contributed by atoms with van der Waals surface area (Å²) in [5.41, 5.74) is 8.12. The lowest BCUT2D eigenvalue weighted by Crippen LogP contribution is -2.36. The van der Waals surface area contributed by atoms with Crippen LogP contribution in [0.25, 0.3) is 22.3 Å². The Bertz CT molecular complexity index is 2630. The van der Waals surface area contributed by atoms with Gasteiger partial charge >= 0.3 is 24.4 Å². The first-order valence-electron chi connectivity index (χ1n) is 25.2. The van der Waals surface area contributed by atoms with Gasteiger partial charge in [-0.25, -0.2) is 19.6 Å². The van der Waals surface area contributed by atoms with Crippen LogP contribution in [0.4, 0.5) is 58.9 Å². The molecule has 4 atom stereocenters. The van der Waals surface area contributed by atoms with E-state index >= 15 is 0 Å². The van der Waals surface area contributed by atoms with Crippen molar-refractivity contribution in [2.45, 2.75) is 90.8 Å². The van der Waals surface area contributed by atoms with Crippen LogP contribution in [0, 0.1) is 37.5 Å². The number of aliphatic hydroxyl groups excluding tert-OH is 2. The van der Waals surface area contributed by atoms with E-state index in [1.54, 1.807) is 26.0 Å². The number of urea groups is 2. The summed E-state index contributed by atoms with van der Waals surface area (Å²) in [6.07, 6.45) is -9.50. The summed E-state index contributed by atoms with van der Waals surface area (Å²) in [6, 6.07) is 18.2. The summed E-state index contributed by atoms with van der Waals surface area (Å²) >= 11 is 0. The second-order valence-corrected chi connectivity index (χ2v) is 19.6. The quantitative estimate of drug-likeness (QED) is 0.0844. The number of halogens is 6. The van der Waals surface area contributed by atoms with Crippen LogP contribution in [-0.4, -0.2) is 145 Å². The molecule has 4 amide bonds. The maximum atomic E-state index is 12.8. The number of benzene rings is 2. The van der Waals surface area contributed by atoms with Gasteiger partial charge in [0.05, 0.1) is 32.5 Å². The van der Waals surface area contributed by atoms with Gasteiger partial charge in [0.1, 0.15) is 23.4 Å². The van der Waals surface area contributed by atoms with Crippen LogP contribution in [0.1, 0.15) is 68.5 Å². The third-order valence-electron chi connectivity index (χ3n) is 13.4. The molecule has 4 N–H and O–H groups in total. The molecule has 0 saturated carbocycles. The summed E-state index contributed by atoms with van der Waals surface area (Å²) < 4.78 is 87.4. The van der Waals surface area contributed by atoms with Gasteiger partial charge in [0.25, 0.3) is 0 Å². The van der Waals surface area contributed by atoms with Gasteiger partial charge in [-0.3, -0.25) is 0 Å². The van der Waals surface area contributed by atoms with Gasteiger partial charge in [-0.1, -0.05) is 18.1 Å². The number of amides is 4. The van der Waals surface area contributed by atoms with E-state index in [0.29, 0.717) is 95.4 Å². The lowest BCUT2D eigenvalue weighted by Gasteiger charge is -2.28. The number of hydrogen-bond acceptors (Lipinski definition) is 10. The molecule has 4 aliphatic heterocycles. The number of alkyl halides is 6. The van der Waals surface area contributed by atoms with Gasteiger partial charge in [0, 0.05) is 82.3 Å². The number of nitrogens with one attached hydrogen (secondary N) is 2. The van der Waals surface area contributed by atoms with E-state index in [0.717, 1.165) is 63.8 Å². The maximum absolute atomic E-state index is 12.8. The Labute approximate surface area is 428 Å². The van der Waals surface area contributed by atoms with Gasteiger partial charge in [0.2, 0.25) is 0 Å². The van der Waals surface area contributed by atoms with Gasteiger partial charge in [-0.05, 0) is 153 Å². The highest BCUT2D eigenvalue weighted by Gasteiger charge is 2.38. The van der Waals surface area contributed by atoms with Crippen molar-refractivity contribution in [1.82, 2.24) is 19.8 Å². The first kappa shape index (κ1) is 55.6. The van der Waals surface area contributed by atoms with Crippen molar-refractivity contribution in [1.29, 1.82) is 0 Å². The third-order valence-corrected chi connectivity index (χ3v) is 13.4. The molecule has 8 rings (SSSR count). The largest absolute Gasteiger partial charge is 0.393 e. The normalized spacial score (nSPS) is 19.0. The van der Waals surface area contributed by atoms with Gasteiger partial charge < -0.3 is 49.9 Å². The van der Waals surface area contributed by atoms with Gasteiger partial charge in [-0.2, -0.15) is 26.3 Å². The molecular formula is C54H66F6N8O6. The zero-order valence-electron chi connectivity index (χ0n) is 42.3. The van der Waals surface area contributed by atoms with E-state index in [9.17, 15) is 46.1 Å². The number of morpholine rings is 2. The number of aliphatic hydroxyl groups is 2. The minimum atomic E-state index is -4.23. The standard InChI is InChI=1S/C27H35F3N4O3.C27H31F3N4O3/c2*1-18-3-5-23(32-26(36)34-8-7-20(17-34)16-27(28,29)30)15-24(18)21-13-22(6-4-19(2)35)31-25(14-21)33-9-11-37-12-10-33/h3,5,13-15,19-20,35H,4,6-12,16-17H2,1-2H3,(H,32,36);3,5,13-15,19-20,35H,7-12,16-17H2,1-2H3,(H,32,36)/t2*19-,20+/m11/s1. The monoisotopic (exact) mass is 1040 g/mol. The topological polar surface area (TPSA) is 156 Å². The van der Waals surface area contributed by atoms with Gasteiger partial charge in [0.15, 0.2) is 0 Å². The number of ether oxygens (including phenoxy) is 2. The van der Waals surface area contributed by atoms with Crippen LogP contribution in [0.5, 0.6) is 0 Å². The number of likely N-dealkylation sites (tertiary alicyclic amines) is 2. The average Bonchev–Trinajstić information content (AvgIpc) is 4.03. The fourth-order valence-electron chi connectivity index (χ4n) is 9.48. The summed E-state index contributed by atoms with van der Waals surface area (Å²) in [4.78, 5) is 42.3. The van der Waals surface area contributed by atoms with E-state index in [4.69, 9.17) is 14.5 Å². The number of aromatic nitrogens is 2. The molecule has 14 nitrogen and oxygen atoms in total. The number of rotatable bonds is 11. The van der Waals surface area contributed by atoms with E-state index in [2.05, 4.69) is 37.3 Å². The number of anilines is 4. The highest BCUT2D eigenvalue weighted by Crippen LogP contribution is 2.35.